The lowest BCUT2D eigenvalue weighted by Crippen LogP contribution is -2.33. The summed E-state index contributed by atoms with van der Waals surface area (Å²) >= 11 is 5.77. The summed E-state index contributed by atoms with van der Waals surface area (Å²) in [6, 6.07) is 3.72. The number of nitrogens with zero attached hydrogens (tertiary/aromatic N) is 1. The summed E-state index contributed by atoms with van der Waals surface area (Å²) in [5, 5.41) is 9.44. The number of aliphatic hydroxyl groups is 1. The van der Waals surface area contributed by atoms with Gasteiger partial charge in [-0.1, -0.05) is 11.6 Å². The van der Waals surface area contributed by atoms with Gasteiger partial charge in [0.05, 0.1) is 11.1 Å². The molecular weight excluding hydrogens is 261 g/mol. The van der Waals surface area contributed by atoms with Crippen molar-refractivity contribution in [2.75, 3.05) is 19.7 Å². The smallest absolute Gasteiger partial charge is 0.260 e. The summed E-state index contributed by atoms with van der Waals surface area (Å²) in [6.07, 6.45) is 0.131. The molecule has 0 aliphatic carbocycles. The van der Waals surface area contributed by atoms with Crippen LogP contribution in [0.25, 0.3) is 0 Å². The Morgan fingerprint density at radius 3 is 3.00 bits per heavy atom. The normalized spacial score (nSPS) is 19.1. The molecule has 1 aromatic carbocycles. The molecule has 0 spiro atoms. The van der Waals surface area contributed by atoms with E-state index >= 15 is 0 Å². The minimum absolute atomic E-state index is 0.129. The van der Waals surface area contributed by atoms with Crippen molar-refractivity contribution in [2.24, 2.45) is 0 Å². The lowest BCUT2D eigenvalue weighted by atomic mass is 10.3. The predicted octanol–water partition coefficient (Wildman–Crippen LogP) is 1.45. The van der Waals surface area contributed by atoms with Crippen LogP contribution in [-0.2, 0) is 4.79 Å². The highest BCUT2D eigenvalue weighted by Gasteiger charge is 2.24. The minimum Gasteiger partial charge on any atom is -0.482 e. The van der Waals surface area contributed by atoms with Crippen molar-refractivity contribution in [2.45, 2.75) is 12.5 Å². The van der Waals surface area contributed by atoms with Gasteiger partial charge in [-0.2, -0.15) is 0 Å². The fourth-order valence-electron chi connectivity index (χ4n) is 1.79. The van der Waals surface area contributed by atoms with E-state index in [4.69, 9.17) is 16.3 Å². The highest BCUT2D eigenvalue weighted by Crippen LogP contribution is 2.24. The molecule has 98 valence electrons. The summed E-state index contributed by atoms with van der Waals surface area (Å²) in [6.45, 7) is 0.692. The van der Waals surface area contributed by atoms with Gasteiger partial charge in [-0.25, -0.2) is 4.39 Å². The molecule has 1 saturated heterocycles. The van der Waals surface area contributed by atoms with Gasteiger partial charge >= 0.3 is 0 Å². The van der Waals surface area contributed by atoms with Crippen molar-refractivity contribution in [1.82, 2.24) is 4.90 Å². The monoisotopic (exact) mass is 273 g/mol. The van der Waals surface area contributed by atoms with E-state index in [9.17, 15) is 14.3 Å². The number of hydrogen-bond acceptors (Lipinski definition) is 3. The van der Waals surface area contributed by atoms with Crippen molar-refractivity contribution in [3.8, 4) is 5.75 Å². The molecule has 18 heavy (non-hydrogen) atoms. The maximum absolute atomic E-state index is 12.8. The van der Waals surface area contributed by atoms with Gasteiger partial charge in [-0.3, -0.25) is 4.79 Å². The quantitative estimate of drug-likeness (QED) is 0.907. The van der Waals surface area contributed by atoms with E-state index < -0.39 is 11.9 Å². The summed E-state index contributed by atoms with van der Waals surface area (Å²) in [4.78, 5) is 13.2. The third-order valence-corrected chi connectivity index (χ3v) is 3.06. The summed E-state index contributed by atoms with van der Waals surface area (Å²) < 4.78 is 18.0. The first-order valence-electron chi connectivity index (χ1n) is 5.60. The topological polar surface area (TPSA) is 49.8 Å². The second-order valence-corrected chi connectivity index (χ2v) is 4.55. The maximum Gasteiger partial charge on any atom is 0.260 e. The standard InChI is InChI=1S/C12H13ClFNO3/c13-10-5-8(14)1-2-11(10)18-7-12(17)15-4-3-9(16)6-15/h1-2,5,9,16H,3-4,6-7H2. The zero-order valence-corrected chi connectivity index (χ0v) is 10.4. The fourth-order valence-corrected chi connectivity index (χ4v) is 2.01. The van der Waals surface area contributed by atoms with Crippen LogP contribution >= 0.6 is 11.6 Å². The average Bonchev–Trinajstić information content (AvgIpc) is 2.74. The molecule has 6 heteroatoms. The van der Waals surface area contributed by atoms with E-state index in [1.807, 2.05) is 0 Å². The van der Waals surface area contributed by atoms with E-state index in [0.29, 0.717) is 19.5 Å². The second-order valence-electron chi connectivity index (χ2n) is 4.15. The minimum atomic E-state index is -0.457. The fraction of sp³-hybridized carbons (Fsp3) is 0.417. The lowest BCUT2D eigenvalue weighted by Gasteiger charge is -2.16. The number of β-amino-alcohol motifs (C(OH)–C–C–N with tert-alkyl or cyclic N) is 1. The molecule has 1 amide bonds. The Bertz CT molecular complexity index is 455. The van der Waals surface area contributed by atoms with E-state index in [-0.39, 0.29) is 23.3 Å². The molecule has 1 heterocycles. The number of halogens is 2. The van der Waals surface area contributed by atoms with Crippen LogP contribution in [0.15, 0.2) is 18.2 Å². The summed E-state index contributed by atoms with van der Waals surface area (Å²) in [5.41, 5.74) is 0. The molecule has 1 aliphatic rings. The maximum atomic E-state index is 12.8. The van der Waals surface area contributed by atoms with E-state index in [0.717, 1.165) is 6.07 Å². The average molecular weight is 274 g/mol. The molecule has 0 saturated carbocycles. The number of carbonyl (C=O) groups excluding carboxylic acids is 1. The molecule has 1 aromatic rings. The first-order chi connectivity index (χ1) is 8.56. The molecule has 1 unspecified atom stereocenters. The van der Waals surface area contributed by atoms with Gasteiger partial charge in [0.1, 0.15) is 11.6 Å². The highest BCUT2D eigenvalue weighted by atomic mass is 35.5. The number of ether oxygens (including phenoxy) is 1. The Hall–Kier alpha value is -1.33. The van der Waals surface area contributed by atoms with Gasteiger partial charge in [-0.05, 0) is 24.6 Å². The Morgan fingerprint density at radius 2 is 2.39 bits per heavy atom. The van der Waals surface area contributed by atoms with Crippen molar-refractivity contribution in [3.05, 3.63) is 29.0 Å². The van der Waals surface area contributed by atoms with Crippen LogP contribution in [0.4, 0.5) is 4.39 Å². The third kappa shape index (κ3) is 3.11. The van der Waals surface area contributed by atoms with Crippen LogP contribution in [0, 0.1) is 5.82 Å². The first kappa shape index (κ1) is 13.1. The highest BCUT2D eigenvalue weighted by molar-refractivity contribution is 6.32. The van der Waals surface area contributed by atoms with Crippen molar-refractivity contribution >= 4 is 17.5 Å². The zero-order chi connectivity index (χ0) is 13.1. The van der Waals surface area contributed by atoms with Crippen molar-refractivity contribution in [1.29, 1.82) is 0 Å². The molecular formula is C12H13ClFNO3. The number of amides is 1. The number of benzene rings is 1. The SMILES string of the molecule is O=C(COc1ccc(F)cc1Cl)N1CCC(O)C1. The van der Waals surface area contributed by atoms with Gasteiger partial charge < -0.3 is 14.7 Å². The van der Waals surface area contributed by atoms with Crippen molar-refractivity contribution in [3.63, 3.8) is 0 Å². The molecule has 0 aromatic heterocycles. The van der Waals surface area contributed by atoms with Crippen LogP contribution < -0.4 is 4.74 Å². The Kier molecular flexibility index (Phi) is 4.04. The molecule has 1 atom stereocenters. The predicted molar refractivity (Wildman–Crippen MR) is 64.1 cm³/mol. The molecule has 1 N–H and O–H groups in total. The van der Waals surface area contributed by atoms with Crippen LogP contribution in [0.3, 0.4) is 0 Å². The van der Waals surface area contributed by atoms with Crippen LogP contribution in [0.2, 0.25) is 5.02 Å². The van der Waals surface area contributed by atoms with Gasteiger partial charge in [-0.15, -0.1) is 0 Å². The summed E-state index contributed by atoms with van der Waals surface area (Å²) in [5.74, 6) is -0.403. The lowest BCUT2D eigenvalue weighted by molar-refractivity contribution is -0.132. The van der Waals surface area contributed by atoms with Gasteiger partial charge in [0, 0.05) is 13.1 Å². The molecule has 2 rings (SSSR count). The van der Waals surface area contributed by atoms with E-state index in [1.54, 1.807) is 0 Å². The van der Waals surface area contributed by atoms with Gasteiger partial charge in [0.2, 0.25) is 0 Å². The van der Waals surface area contributed by atoms with Crippen molar-refractivity contribution < 1.29 is 19.0 Å². The van der Waals surface area contributed by atoms with Gasteiger partial charge in [0.15, 0.2) is 6.61 Å². The second kappa shape index (κ2) is 5.54. The zero-order valence-electron chi connectivity index (χ0n) is 9.60. The summed E-state index contributed by atoms with van der Waals surface area (Å²) in [7, 11) is 0. The molecule has 1 fully saturated rings. The molecule has 1 aliphatic heterocycles. The van der Waals surface area contributed by atoms with Gasteiger partial charge in [0.25, 0.3) is 5.91 Å². The van der Waals surface area contributed by atoms with Crippen LogP contribution in [0.1, 0.15) is 6.42 Å². The van der Waals surface area contributed by atoms with Crippen LogP contribution in [-0.4, -0.2) is 41.7 Å². The van der Waals surface area contributed by atoms with E-state index in [1.165, 1.54) is 17.0 Å². The number of rotatable bonds is 3. The Labute approximate surface area is 109 Å². The largest absolute Gasteiger partial charge is 0.482 e. The molecule has 0 radical (unpaired) electrons. The number of likely N-dealkylation sites (tertiary alicyclic amines) is 1. The van der Waals surface area contributed by atoms with E-state index in [2.05, 4.69) is 0 Å². The number of hydrogen-bond donors (Lipinski definition) is 1. The third-order valence-electron chi connectivity index (χ3n) is 2.76. The molecule has 0 bridgehead atoms. The number of aliphatic hydroxyl groups excluding tert-OH is 1. The van der Waals surface area contributed by atoms with Crippen LogP contribution in [0.5, 0.6) is 5.75 Å². The molecule has 4 nitrogen and oxygen atoms in total. The first-order valence-corrected chi connectivity index (χ1v) is 5.98. The number of carbonyl (C=O) groups is 1. The Morgan fingerprint density at radius 1 is 1.61 bits per heavy atom. The Balaban J connectivity index is 1.89.